The van der Waals surface area contributed by atoms with Crippen LogP contribution in [0.3, 0.4) is 0 Å². The van der Waals surface area contributed by atoms with Crippen LogP contribution >= 0.6 is 0 Å². The lowest BCUT2D eigenvalue weighted by molar-refractivity contribution is 0.0432. The molecule has 4 aliphatic rings. The molecule has 0 amide bonds. The number of piperidine rings is 2. The number of hydrogen-bond donors (Lipinski definition) is 2. The van der Waals surface area contributed by atoms with Crippen LogP contribution in [-0.2, 0) is 0 Å². The Hall–Kier alpha value is -0.0800. The number of nitrogens with one attached hydrogen (secondary N) is 2. The van der Waals surface area contributed by atoms with Crippen LogP contribution in [-0.4, -0.2) is 22.2 Å². The van der Waals surface area contributed by atoms with Gasteiger partial charge in [-0.05, 0) is 168 Å². The maximum absolute atomic E-state index is 3.90. The van der Waals surface area contributed by atoms with Crippen molar-refractivity contribution < 1.29 is 0 Å². The molecule has 202 valence electrons. The first kappa shape index (κ1) is 30.1. The van der Waals surface area contributed by atoms with Crippen LogP contribution in [0, 0.1) is 35.5 Å². The van der Waals surface area contributed by atoms with Crippen molar-refractivity contribution in [2.45, 2.75) is 169 Å². The van der Waals surface area contributed by atoms with Gasteiger partial charge >= 0.3 is 0 Å². The van der Waals surface area contributed by atoms with Crippen molar-refractivity contribution in [1.82, 2.24) is 10.6 Å². The fourth-order valence-electron chi connectivity index (χ4n) is 9.64. The molecule has 34 heavy (non-hydrogen) atoms. The summed E-state index contributed by atoms with van der Waals surface area (Å²) in [4.78, 5) is 0. The van der Waals surface area contributed by atoms with Gasteiger partial charge in [0.25, 0.3) is 0 Å². The van der Waals surface area contributed by atoms with Gasteiger partial charge in [-0.15, -0.1) is 0 Å². The Morgan fingerprint density at radius 2 is 0.529 bits per heavy atom. The van der Waals surface area contributed by atoms with E-state index in [9.17, 15) is 0 Å². The lowest BCUT2D eigenvalue weighted by Gasteiger charge is -2.51. The third kappa shape index (κ3) is 7.47. The highest BCUT2D eigenvalue weighted by Gasteiger charge is 2.44. The Morgan fingerprint density at radius 3 is 0.735 bits per heavy atom. The van der Waals surface area contributed by atoms with E-state index in [-0.39, 0.29) is 14.9 Å². The second-order valence-corrected chi connectivity index (χ2v) is 15.5. The van der Waals surface area contributed by atoms with Gasteiger partial charge in [-0.1, -0.05) is 14.9 Å². The van der Waals surface area contributed by atoms with E-state index < -0.39 is 0 Å². The van der Waals surface area contributed by atoms with Crippen molar-refractivity contribution in [1.29, 1.82) is 0 Å². The highest BCUT2D eigenvalue weighted by molar-refractivity contribution is 5.01. The van der Waals surface area contributed by atoms with Crippen molar-refractivity contribution in [3.05, 3.63) is 0 Å². The molecule has 2 aliphatic carbocycles. The predicted molar refractivity (Wildman–Crippen MR) is 152 cm³/mol. The van der Waals surface area contributed by atoms with E-state index in [2.05, 4.69) is 66.0 Å². The fourth-order valence-corrected chi connectivity index (χ4v) is 9.64. The van der Waals surface area contributed by atoms with E-state index in [1.54, 1.807) is 0 Å². The van der Waals surface area contributed by atoms with Gasteiger partial charge in [0.15, 0.2) is 0 Å². The monoisotopic (exact) mass is 477 g/mol. The first-order chi connectivity index (χ1) is 14.7. The summed E-state index contributed by atoms with van der Waals surface area (Å²) < 4.78 is 0. The van der Waals surface area contributed by atoms with Gasteiger partial charge in [0.2, 0.25) is 0 Å². The SMILES string of the molecule is C.C.CC1(C)CC(C2CCC(C3CCC(C4CC(C)(C)NC(C)(C)C4)CC3)CC2)CC(C)(C)N1. The quantitative estimate of drug-likeness (QED) is 0.424. The Balaban J connectivity index is 0.00000204. The van der Waals surface area contributed by atoms with E-state index in [0.717, 1.165) is 35.5 Å². The van der Waals surface area contributed by atoms with Crippen LogP contribution in [0.4, 0.5) is 0 Å². The summed E-state index contributed by atoms with van der Waals surface area (Å²) in [6.07, 6.45) is 17.7. The van der Waals surface area contributed by atoms with E-state index in [4.69, 9.17) is 0 Å². The number of rotatable bonds is 3. The molecule has 0 atom stereocenters. The molecule has 2 aliphatic heterocycles. The van der Waals surface area contributed by atoms with Crippen molar-refractivity contribution >= 4 is 0 Å². The summed E-state index contributed by atoms with van der Waals surface area (Å²) in [7, 11) is 0. The van der Waals surface area contributed by atoms with Gasteiger partial charge in [0.1, 0.15) is 0 Å². The van der Waals surface area contributed by atoms with Crippen molar-refractivity contribution in [2.75, 3.05) is 0 Å². The first-order valence-corrected chi connectivity index (χ1v) is 14.3. The van der Waals surface area contributed by atoms with Gasteiger partial charge in [-0.3, -0.25) is 0 Å². The molecular weight excluding hydrogens is 412 g/mol. The van der Waals surface area contributed by atoms with Crippen LogP contribution < -0.4 is 10.6 Å². The molecule has 2 nitrogen and oxygen atoms in total. The van der Waals surface area contributed by atoms with Crippen LogP contribution in [0.15, 0.2) is 0 Å². The van der Waals surface area contributed by atoms with Crippen LogP contribution in [0.2, 0.25) is 0 Å². The molecule has 4 rings (SSSR count). The largest absolute Gasteiger partial charge is 0.307 e. The molecule has 2 heterocycles. The summed E-state index contributed by atoms with van der Waals surface area (Å²) in [5.41, 5.74) is 1.22. The maximum Gasteiger partial charge on any atom is 0.0132 e. The zero-order valence-electron chi connectivity index (χ0n) is 22.9. The highest BCUT2D eigenvalue weighted by Crippen LogP contribution is 2.49. The van der Waals surface area contributed by atoms with Crippen molar-refractivity contribution in [3.8, 4) is 0 Å². The average Bonchev–Trinajstić information content (AvgIpc) is 2.63. The van der Waals surface area contributed by atoms with E-state index >= 15 is 0 Å². The molecule has 2 N–H and O–H groups in total. The van der Waals surface area contributed by atoms with Gasteiger partial charge in [-0.2, -0.15) is 0 Å². The normalized spacial score (nSPS) is 37.8. The lowest BCUT2D eigenvalue weighted by Crippen LogP contribution is -2.59. The Kier molecular flexibility index (Phi) is 9.51. The predicted octanol–water partition coefficient (Wildman–Crippen LogP) is 8.99. The lowest BCUT2D eigenvalue weighted by atomic mass is 9.61. The van der Waals surface area contributed by atoms with Gasteiger partial charge in [-0.25, -0.2) is 0 Å². The van der Waals surface area contributed by atoms with Crippen molar-refractivity contribution in [2.24, 2.45) is 35.5 Å². The van der Waals surface area contributed by atoms with Gasteiger partial charge in [0, 0.05) is 22.2 Å². The molecule has 0 aromatic rings. The maximum atomic E-state index is 3.90. The Morgan fingerprint density at radius 1 is 0.353 bits per heavy atom. The topological polar surface area (TPSA) is 24.1 Å². The second-order valence-electron chi connectivity index (χ2n) is 15.5. The Labute approximate surface area is 215 Å². The van der Waals surface area contributed by atoms with Crippen LogP contribution in [0.25, 0.3) is 0 Å². The summed E-state index contributed by atoms with van der Waals surface area (Å²) in [6.45, 7) is 19.4. The molecule has 2 heteroatoms. The second kappa shape index (κ2) is 10.7. The molecule has 2 saturated heterocycles. The third-order valence-electron chi connectivity index (χ3n) is 10.1. The highest BCUT2D eigenvalue weighted by atomic mass is 15.1. The molecule has 2 saturated carbocycles. The molecule has 0 unspecified atom stereocenters. The smallest absolute Gasteiger partial charge is 0.0132 e. The summed E-state index contributed by atoms with van der Waals surface area (Å²) in [5.74, 6) is 5.92. The summed E-state index contributed by atoms with van der Waals surface area (Å²) >= 11 is 0. The van der Waals surface area contributed by atoms with Gasteiger partial charge < -0.3 is 10.6 Å². The molecule has 0 bridgehead atoms. The standard InChI is InChI=1S/C30H56N2.2CH4/c1-27(2)17-25(18-28(3,4)31-27)23-13-9-21(10-14-23)22-11-15-24(16-12-22)26-19-29(5,6)32-30(7,8)20-26;;/h21-26,31-32H,9-20H2,1-8H3;2*1H4. The van der Waals surface area contributed by atoms with Crippen molar-refractivity contribution in [3.63, 3.8) is 0 Å². The molecule has 0 aromatic heterocycles. The Bertz CT molecular complexity index is 541. The molecule has 0 radical (unpaired) electrons. The summed E-state index contributed by atoms with van der Waals surface area (Å²) in [6, 6.07) is 0. The minimum atomic E-state index is 0. The average molecular weight is 477 g/mol. The zero-order chi connectivity index (χ0) is 23.4. The van der Waals surface area contributed by atoms with Crippen LogP contribution in [0.1, 0.15) is 147 Å². The first-order valence-electron chi connectivity index (χ1n) is 14.3. The zero-order valence-corrected chi connectivity index (χ0v) is 22.9. The third-order valence-corrected chi connectivity index (χ3v) is 10.1. The fraction of sp³-hybridized carbons (Fsp3) is 1.00. The minimum Gasteiger partial charge on any atom is -0.307 e. The minimum absolute atomic E-state index is 0. The molecule has 0 spiro atoms. The van der Waals surface area contributed by atoms with E-state index in [1.165, 1.54) is 77.0 Å². The molecule has 0 aromatic carbocycles. The van der Waals surface area contributed by atoms with Crippen LogP contribution in [0.5, 0.6) is 0 Å². The molecular formula is C32H64N2. The van der Waals surface area contributed by atoms with Gasteiger partial charge in [0.05, 0.1) is 0 Å². The molecule has 4 fully saturated rings. The van der Waals surface area contributed by atoms with E-state index in [1.807, 2.05) is 0 Å². The number of hydrogen-bond acceptors (Lipinski definition) is 2. The van der Waals surface area contributed by atoms with E-state index in [0.29, 0.717) is 22.2 Å². The summed E-state index contributed by atoms with van der Waals surface area (Å²) in [5, 5.41) is 7.80.